The van der Waals surface area contributed by atoms with E-state index in [4.69, 9.17) is 0 Å². The van der Waals surface area contributed by atoms with Crippen LogP contribution in [0.4, 0.5) is 0 Å². The zero-order valence-corrected chi connectivity index (χ0v) is 14.0. The fraction of sp³-hybridized carbons (Fsp3) is 0.438. The van der Waals surface area contributed by atoms with Crippen LogP contribution in [0.3, 0.4) is 0 Å². The van der Waals surface area contributed by atoms with Crippen LogP contribution >= 0.6 is 11.3 Å². The Balaban J connectivity index is 1.89. The summed E-state index contributed by atoms with van der Waals surface area (Å²) in [6.07, 6.45) is 3.10. The number of hydrogen-bond donors (Lipinski definition) is 1. The van der Waals surface area contributed by atoms with Gasteiger partial charge in [-0.3, -0.25) is 14.2 Å². The number of aliphatic carboxylic acids is 1. The van der Waals surface area contributed by atoms with E-state index in [1.165, 1.54) is 11.3 Å². The van der Waals surface area contributed by atoms with Gasteiger partial charge in [0.2, 0.25) is 0 Å². The number of carboxylic acids is 1. The Kier molecular flexibility index (Phi) is 4.21. The summed E-state index contributed by atoms with van der Waals surface area (Å²) in [7, 11) is 0. The van der Waals surface area contributed by atoms with E-state index in [2.05, 4.69) is 4.98 Å². The van der Waals surface area contributed by atoms with Crippen molar-refractivity contribution in [1.82, 2.24) is 14.5 Å². The van der Waals surface area contributed by atoms with Crippen LogP contribution in [0.15, 0.2) is 17.6 Å². The summed E-state index contributed by atoms with van der Waals surface area (Å²) in [6.45, 7) is 4.75. The maximum Gasteiger partial charge on any atom is 0.308 e. The van der Waals surface area contributed by atoms with E-state index in [9.17, 15) is 14.7 Å². The number of likely N-dealkylation sites (tertiary alicyclic amines) is 1. The van der Waals surface area contributed by atoms with Crippen molar-refractivity contribution in [2.45, 2.75) is 26.7 Å². The third-order valence-electron chi connectivity index (χ3n) is 4.33. The molecule has 0 aromatic carbocycles. The second kappa shape index (κ2) is 6.16. The molecule has 1 fully saturated rings. The van der Waals surface area contributed by atoms with Crippen molar-refractivity contribution in [2.24, 2.45) is 5.92 Å². The zero-order valence-electron chi connectivity index (χ0n) is 13.2. The van der Waals surface area contributed by atoms with Crippen LogP contribution in [0.25, 0.3) is 5.13 Å². The lowest BCUT2D eigenvalue weighted by molar-refractivity contribution is -0.143. The number of aromatic nitrogens is 2. The third-order valence-corrected chi connectivity index (χ3v) is 5.09. The van der Waals surface area contributed by atoms with Crippen molar-refractivity contribution in [2.75, 3.05) is 13.1 Å². The van der Waals surface area contributed by atoms with E-state index in [0.29, 0.717) is 18.5 Å². The van der Waals surface area contributed by atoms with E-state index in [1.54, 1.807) is 11.1 Å². The SMILES string of the molecule is Cc1cc(C(=O)N2CCCC(C(=O)O)C2)c(C)n1-c1nccs1. The van der Waals surface area contributed by atoms with Gasteiger partial charge in [-0.1, -0.05) is 0 Å². The van der Waals surface area contributed by atoms with Gasteiger partial charge in [0.15, 0.2) is 5.13 Å². The Bertz CT molecular complexity index is 736. The number of aryl methyl sites for hydroxylation is 1. The summed E-state index contributed by atoms with van der Waals surface area (Å²) in [5.41, 5.74) is 2.43. The molecule has 1 atom stereocenters. The minimum atomic E-state index is -0.823. The highest BCUT2D eigenvalue weighted by atomic mass is 32.1. The molecule has 1 aliphatic heterocycles. The first-order valence-electron chi connectivity index (χ1n) is 7.60. The highest BCUT2D eigenvalue weighted by Crippen LogP contribution is 2.25. The molecule has 0 aliphatic carbocycles. The quantitative estimate of drug-likeness (QED) is 0.936. The fourth-order valence-corrected chi connectivity index (χ4v) is 3.89. The van der Waals surface area contributed by atoms with Crippen LogP contribution < -0.4 is 0 Å². The van der Waals surface area contributed by atoms with Crippen LogP contribution in [0.2, 0.25) is 0 Å². The lowest BCUT2D eigenvalue weighted by Gasteiger charge is -2.30. The summed E-state index contributed by atoms with van der Waals surface area (Å²) in [5.74, 6) is -1.38. The van der Waals surface area contributed by atoms with Gasteiger partial charge in [-0.05, 0) is 32.8 Å². The Morgan fingerprint density at radius 2 is 2.17 bits per heavy atom. The Hall–Kier alpha value is -2.15. The number of hydrogen-bond acceptors (Lipinski definition) is 4. The molecule has 3 rings (SSSR count). The predicted octanol–water partition coefficient (Wildman–Crippen LogP) is 2.49. The van der Waals surface area contributed by atoms with Gasteiger partial charge >= 0.3 is 5.97 Å². The second-order valence-corrected chi connectivity index (χ2v) is 6.74. The molecule has 23 heavy (non-hydrogen) atoms. The number of carbonyl (C=O) groups is 2. The van der Waals surface area contributed by atoms with Crippen LogP contribution in [0.1, 0.15) is 34.6 Å². The van der Waals surface area contributed by atoms with Gasteiger partial charge in [-0.25, -0.2) is 4.98 Å². The average Bonchev–Trinajstić information content (AvgIpc) is 3.14. The van der Waals surface area contributed by atoms with Crippen molar-refractivity contribution in [3.05, 3.63) is 34.6 Å². The molecule has 2 aromatic heterocycles. The Morgan fingerprint density at radius 3 is 2.83 bits per heavy atom. The molecular weight excluding hydrogens is 314 g/mol. The molecule has 1 aliphatic rings. The molecule has 1 N–H and O–H groups in total. The van der Waals surface area contributed by atoms with Crippen molar-refractivity contribution < 1.29 is 14.7 Å². The Morgan fingerprint density at radius 1 is 1.39 bits per heavy atom. The fourth-order valence-electron chi connectivity index (χ4n) is 3.13. The van der Waals surface area contributed by atoms with Crippen molar-refractivity contribution in [1.29, 1.82) is 0 Å². The second-order valence-electron chi connectivity index (χ2n) is 5.86. The molecule has 0 radical (unpaired) electrons. The summed E-state index contributed by atoms with van der Waals surface area (Å²) < 4.78 is 1.97. The number of carboxylic acid groups (broad SMARTS) is 1. The van der Waals surface area contributed by atoms with Gasteiger partial charge in [-0.2, -0.15) is 0 Å². The topological polar surface area (TPSA) is 75.4 Å². The molecule has 7 heteroatoms. The highest BCUT2D eigenvalue weighted by molar-refractivity contribution is 7.12. The smallest absolute Gasteiger partial charge is 0.308 e. The molecule has 1 saturated heterocycles. The van der Waals surface area contributed by atoms with Crippen LogP contribution in [0.5, 0.6) is 0 Å². The van der Waals surface area contributed by atoms with Gasteiger partial charge in [0, 0.05) is 36.1 Å². The van der Waals surface area contributed by atoms with Gasteiger partial charge in [-0.15, -0.1) is 11.3 Å². The van der Waals surface area contributed by atoms with E-state index in [0.717, 1.165) is 22.9 Å². The van der Waals surface area contributed by atoms with Crippen molar-refractivity contribution >= 4 is 23.2 Å². The summed E-state index contributed by atoms with van der Waals surface area (Å²) in [5, 5.41) is 11.9. The summed E-state index contributed by atoms with van der Waals surface area (Å²) in [4.78, 5) is 30.0. The molecule has 6 nitrogen and oxygen atoms in total. The maximum absolute atomic E-state index is 12.8. The Labute approximate surface area is 138 Å². The first kappa shape index (κ1) is 15.7. The molecule has 0 bridgehead atoms. The minimum absolute atomic E-state index is 0.0909. The summed E-state index contributed by atoms with van der Waals surface area (Å²) in [6, 6.07) is 1.86. The first-order valence-corrected chi connectivity index (χ1v) is 8.48. The van der Waals surface area contributed by atoms with Gasteiger partial charge in [0.1, 0.15) is 0 Å². The van der Waals surface area contributed by atoms with E-state index < -0.39 is 11.9 Å². The van der Waals surface area contributed by atoms with Crippen LogP contribution in [0, 0.1) is 19.8 Å². The number of amides is 1. The lowest BCUT2D eigenvalue weighted by atomic mass is 9.97. The highest BCUT2D eigenvalue weighted by Gasteiger charge is 2.30. The van der Waals surface area contributed by atoms with E-state index in [-0.39, 0.29) is 12.5 Å². The van der Waals surface area contributed by atoms with Crippen molar-refractivity contribution in [3.8, 4) is 5.13 Å². The summed E-state index contributed by atoms with van der Waals surface area (Å²) >= 11 is 1.52. The predicted molar refractivity (Wildman–Crippen MR) is 87.2 cm³/mol. The zero-order chi connectivity index (χ0) is 16.6. The van der Waals surface area contributed by atoms with Crippen LogP contribution in [-0.2, 0) is 4.79 Å². The van der Waals surface area contributed by atoms with Crippen molar-refractivity contribution in [3.63, 3.8) is 0 Å². The molecule has 122 valence electrons. The molecule has 2 aromatic rings. The molecule has 0 spiro atoms. The molecule has 0 saturated carbocycles. The third kappa shape index (κ3) is 2.88. The van der Waals surface area contributed by atoms with E-state index >= 15 is 0 Å². The largest absolute Gasteiger partial charge is 0.481 e. The average molecular weight is 333 g/mol. The number of rotatable bonds is 3. The standard InChI is InChI=1S/C16H19N3O3S/c1-10-8-13(11(2)19(10)16-17-5-7-23-16)14(20)18-6-3-4-12(9-18)15(21)22/h5,7-8,12H,3-4,6,9H2,1-2H3,(H,21,22). The van der Waals surface area contributed by atoms with Crippen LogP contribution in [-0.4, -0.2) is 44.5 Å². The van der Waals surface area contributed by atoms with Gasteiger partial charge in [0.25, 0.3) is 5.91 Å². The van der Waals surface area contributed by atoms with E-state index in [1.807, 2.05) is 29.9 Å². The monoisotopic (exact) mass is 333 g/mol. The number of piperidine rings is 1. The molecular formula is C16H19N3O3S. The number of nitrogens with zero attached hydrogens (tertiary/aromatic N) is 3. The van der Waals surface area contributed by atoms with Gasteiger partial charge in [0.05, 0.1) is 11.5 Å². The molecule has 1 unspecified atom stereocenters. The first-order chi connectivity index (χ1) is 11.0. The normalized spacial score (nSPS) is 18.2. The minimum Gasteiger partial charge on any atom is -0.481 e. The lowest BCUT2D eigenvalue weighted by Crippen LogP contribution is -2.42. The molecule has 3 heterocycles. The van der Waals surface area contributed by atoms with Gasteiger partial charge < -0.3 is 10.0 Å². The molecule has 1 amide bonds. The maximum atomic E-state index is 12.8. The number of carbonyl (C=O) groups excluding carboxylic acids is 1. The number of thiazole rings is 1.